The third kappa shape index (κ3) is 2.07. The Bertz CT molecular complexity index is 104. The van der Waals surface area contributed by atoms with Crippen LogP contribution in [0.3, 0.4) is 0 Å². The van der Waals surface area contributed by atoms with Crippen molar-refractivity contribution in [3.63, 3.8) is 0 Å². The van der Waals surface area contributed by atoms with E-state index in [0.29, 0.717) is 0 Å². The van der Waals surface area contributed by atoms with Gasteiger partial charge in [0.2, 0.25) is 0 Å². The average Bonchev–Trinajstić information content (AvgIpc) is 1.82. The van der Waals surface area contributed by atoms with Crippen molar-refractivity contribution in [1.82, 2.24) is 0 Å². The predicted molar refractivity (Wildman–Crippen MR) is 47.8 cm³/mol. The van der Waals surface area contributed by atoms with Gasteiger partial charge in [-0.05, 0) is 12.8 Å². The van der Waals surface area contributed by atoms with Gasteiger partial charge in [0.1, 0.15) is 0 Å². The lowest BCUT2D eigenvalue weighted by atomic mass is 9.99. The van der Waals surface area contributed by atoms with Crippen LogP contribution in [-0.2, 0) is 0 Å². The molecule has 1 saturated carbocycles. The zero-order valence-corrected chi connectivity index (χ0v) is 8.26. The highest BCUT2D eigenvalue weighted by Crippen LogP contribution is 2.33. The zero-order valence-electron chi connectivity index (χ0n) is 5.24. The van der Waals surface area contributed by atoms with E-state index in [9.17, 15) is 0 Å². The van der Waals surface area contributed by atoms with Crippen LogP contribution in [0.15, 0.2) is 0 Å². The van der Waals surface area contributed by atoms with Gasteiger partial charge in [-0.25, -0.2) is 0 Å². The fourth-order valence-electron chi connectivity index (χ4n) is 1.07. The summed E-state index contributed by atoms with van der Waals surface area (Å²) in [5.74, 6) is 0. The average molecular weight is 222 g/mol. The van der Waals surface area contributed by atoms with Gasteiger partial charge >= 0.3 is 0 Å². The molecule has 1 rings (SSSR count). The molecule has 0 heterocycles. The van der Waals surface area contributed by atoms with Crippen LogP contribution in [0.25, 0.3) is 0 Å². The molecule has 60 valence electrons. The first-order valence-corrected chi connectivity index (χ1v) is 4.92. The molecule has 4 heteroatoms. The van der Waals surface area contributed by atoms with E-state index in [4.69, 9.17) is 46.4 Å². The summed E-state index contributed by atoms with van der Waals surface area (Å²) in [5.41, 5.74) is 0. The van der Waals surface area contributed by atoms with Gasteiger partial charge in [-0.15, -0.1) is 46.4 Å². The van der Waals surface area contributed by atoms with Crippen molar-refractivity contribution < 1.29 is 0 Å². The van der Waals surface area contributed by atoms with E-state index in [1.807, 2.05) is 0 Å². The third-order valence-electron chi connectivity index (χ3n) is 1.65. The largest absolute Gasteiger partial charge is 0.123 e. The predicted octanol–water partition coefficient (Wildman–Crippen LogP) is 3.21. The molecule has 1 aliphatic rings. The topological polar surface area (TPSA) is 0 Å². The highest BCUT2D eigenvalue weighted by molar-refractivity contribution is 6.36. The molecule has 1 aliphatic carbocycles. The van der Waals surface area contributed by atoms with E-state index in [1.54, 1.807) is 0 Å². The third-order valence-corrected chi connectivity index (χ3v) is 3.77. The second kappa shape index (κ2) is 3.71. The number of halogens is 4. The lowest BCUT2D eigenvalue weighted by molar-refractivity contribution is 0.531. The van der Waals surface area contributed by atoms with Crippen molar-refractivity contribution in [3.05, 3.63) is 0 Å². The van der Waals surface area contributed by atoms with Gasteiger partial charge in [-0.2, -0.15) is 0 Å². The van der Waals surface area contributed by atoms with Crippen LogP contribution < -0.4 is 0 Å². The Morgan fingerprint density at radius 1 is 0.800 bits per heavy atom. The van der Waals surface area contributed by atoms with Gasteiger partial charge in [-0.1, -0.05) is 0 Å². The molecular formula is C6H8Cl4. The molecule has 0 aromatic carbocycles. The SMILES string of the molecule is ClC1C[C@@H](Cl)C(Cl)[C@@H](Cl)C1. The maximum atomic E-state index is 5.86. The highest BCUT2D eigenvalue weighted by atomic mass is 35.5. The van der Waals surface area contributed by atoms with Crippen LogP contribution >= 0.6 is 46.4 Å². The van der Waals surface area contributed by atoms with E-state index in [1.165, 1.54) is 0 Å². The Balaban J connectivity index is 2.49. The second-order valence-electron chi connectivity index (χ2n) is 2.55. The summed E-state index contributed by atoms with van der Waals surface area (Å²) < 4.78 is 0. The molecule has 0 amide bonds. The summed E-state index contributed by atoms with van der Waals surface area (Å²) in [4.78, 5) is 0. The molecule has 0 spiro atoms. The molecule has 4 atom stereocenters. The standard InChI is InChI=1S/C6H8Cl4/c7-3-1-4(8)6(10)5(9)2-3/h3-6H,1-2H2/t3?,4-,5+,6?. The minimum absolute atomic E-state index is 0.0691. The summed E-state index contributed by atoms with van der Waals surface area (Å²) in [6.45, 7) is 0. The first-order chi connectivity index (χ1) is 4.61. The van der Waals surface area contributed by atoms with Crippen LogP contribution in [-0.4, -0.2) is 21.5 Å². The lowest BCUT2D eigenvalue weighted by Gasteiger charge is -2.29. The monoisotopic (exact) mass is 220 g/mol. The van der Waals surface area contributed by atoms with E-state index in [0.717, 1.165) is 12.8 Å². The lowest BCUT2D eigenvalue weighted by Crippen LogP contribution is -2.35. The van der Waals surface area contributed by atoms with Crippen LogP contribution in [0.2, 0.25) is 0 Å². The van der Waals surface area contributed by atoms with Crippen molar-refractivity contribution in [2.45, 2.75) is 34.3 Å². The maximum Gasteiger partial charge on any atom is 0.0664 e. The number of rotatable bonds is 0. The van der Waals surface area contributed by atoms with Crippen molar-refractivity contribution >= 4 is 46.4 Å². The Labute approximate surface area is 80.8 Å². The Morgan fingerprint density at radius 2 is 1.20 bits per heavy atom. The molecular weight excluding hydrogens is 214 g/mol. The molecule has 0 radical (unpaired) electrons. The number of hydrogen-bond donors (Lipinski definition) is 0. The fourth-order valence-corrected chi connectivity index (χ4v) is 2.70. The van der Waals surface area contributed by atoms with E-state index < -0.39 is 0 Å². The van der Waals surface area contributed by atoms with E-state index in [2.05, 4.69) is 0 Å². The Hall–Kier alpha value is 1.16. The highest BCUT2D eigenvalue weighted by Gasteiger charge is 2.33. The molecule has 10 heavy (non-hydrogen) atoms. The van der Waals surface area contributed by atoms with E-state index >= 15 is 0 Å². The quantitative estimate of drug-likeness (QED) is 0.552. The van der Waals surface area contributed by atoms with Crippen molar-refractivity contribution in [2.24, 2.45) is 0 Å². The van der Waals surface area contributed by atoms with Gasteiger partial charge in [0.05, 0.1) is 16.1 Å². The summed E-state index contributed by atoms with van der Waals surface area (Å²) in [5, 5.41) is -0.167. The van der Waals surface area contributed by atoms with Crippen LogP contribution in [0.5, 0.6) is 0 Å². The Morgan fingerprint density at radius 3 is 1.60 bits per heavy atom. The second-order valence-corrected chi connectivity index (χ2v) is 4.79. The Kier molecular flexibility index (Phi) is 3.43. The molecule has 0 nitrogen and oxygen atoms in total. The molecule has 0 N–H and O–H groups in total. The molecule has 0 aromatic rings. The molecule has 2 unspecified atom stereocenters. The zero-order chi connectivity index (χ0) is 7.72. The van der Waals surface area contributed by atoms with Gasteiger partial charge < -0.3 is 0 Å². The molecule has 0 saturated heterocycles. The van der Waals surface area contributed by atoms with Gasteiger partial charge in [-0.3, -0.25) is 0 Å². The van der Waals surface area contributed by atoms with E-state index in [-0.39, 0.29) is 21.5 Å². The molecule has 1 fully saturated rings. The van der Waals surface area contributed by atoms with Gasteiger partial charge in [0.15, 0.2) is 0 Å². The molecule has 0 bridgehead atoms. The number of hydrogen-bond acceptors (Lipinski definition) is 0. The smallest absolute Gasteiger partial charge is 0.0664 e. The van der Waals surface area contributed by atoms with Crippen LogP contribution in [0.4, 0.5) is 0 Å². The van der Waals surface area contributed by atoms with Crippen LogP contribution in [0, 0.1) is 0 Å². The normalized spacial score (nSPS) is 49.2. The minimum Gasteiger partial charge on any atom is -0.123 e. The summed E-state index contributed by atoms with van der Waals surface area (Å²) >= 11 is 23.4. The minimum atomic E-state index is -0.127. The van der Waals surface area contributed by atoms with Gasteiger partial charge in [0, 0.05) is 5.38 Å². The van der Waals surface area contributed by atoms with Crippen molar-refractivity contribution in [1.29, 1.82) is 0 Å². The summed E-state index contributed by atoms with van der Waals surface area (Å²) in [6, 6.07) is 0. The fraction of sp³-hybridized carbons (Fsp3) is 1.00. The van der Waals surface area contributed by atoms with Crippen molar-refractivity contribution in [2.75, 3.05) is 0 Å². The first-order valence-electron chi connectivity index (χ1n) is 3.17. The molecule has 0 aromatic heterocycles. The van der Waals surface area contributed by atoms with Crippen molar-refractivity contribution in [3.8, 4) is 0 Å². The number of alkyl halides is 4. The summed E-state index contributed by atoms with van der Waals surface area (Å²) in [7, 11) is 0. The molecule has 0 aliphatic heterocycles. The first kappa shape index (κ1) is 9.25. The summed E-state index contributed by atoms with van der Waals surface area (Å²) in [6.07, 6.45) is 1.53. The van der Waals surface area contributed by atoms with Crippen LogP contribution in [0.1, 0.15) is 12.8 Å². The maximum absolute atomic E-state index is 5.86. The van der Waals surface area contributed by atoms with Gasteiger partial charge in [0.25, 0.3) is 0 Å².